The molecule has 3 aliphatic rings. The Hall–Kier alpha value is -3.37. The molecule has 2 fully saturated rings. The number of imide groups is 3. The number of halogens is 1. The molecule has 2 saturated heterocycles. The summed E-state index contributed by atoms with van der Waals surface area (Å²) in [5, 5.41) is -0.608. The van der Waals surface area contributed by atoms with Crippen LogP contribution in [0.4, 0.5) is 14.9 Å². The number of hydrogen-bond acceptors (Lipinski definition) is 8. The number of piperazine rings is 1. The maximum Gasteiger partial charge on any atom is 0.300 e. The maximum atomic E-state index is 14.0. The number of fused-ring (bicyclic) bond motifs is 1. The fourth-order valence-corrected chi connectivity index (χ4v) is 4.94. The fraction of sp³-hybridized carbons (Fsp3) is 0.292. The number of benzene rings is 2. The lowest BCUT2D eigenvalue weighted by Crippen LogP contribution is -2.51. The molecule has 3 amide bonds. The Kier molecular flexibility index (Phi) is 6.25. The lowest BCUT2D eigenvalue weighted by atomic mass is 10.1. The van der Waals surface area contributed by atoms with E-state index in [2.05, 4.69) is 0 Å². The minimum Gasteiger partial charge on any atom is -0.486 e. The maximum absolute atomic E-state index is 14.0. The summed E-state index contributed by atoms with van der Waals surface area (Å²) in [6.07, 6.45) is 1.57. The second-order valence-electron chi connectivity index (χ2n) is 8.03. The Labute approximate surface area is 199 Å². The van der Waals surface area contributed by atoms with Crippen LogP contribution in [-0.4, -0.2) is 72.8 Å². The van der Waals surface area contributed by atoms with Crippen molar-refractivity contribution in [1.82, 2.24) is 9.80 Å². The van der Waals surface area contributed by atoms with Crippen molar-refractivity contribution >= 4 is 40.6 Å². The van der Waals surface area contributed by atoms with Gasteiger partial charge in [0.15, 0.2) is 11.5 Å². The molecule has 3 aliphatic heterocycles. The number of amides is 3. The molecule has 2 aromatic rings. The van der Waals surface area contributed by atoms with Crippen LogP contribution < -0.4 is 14.4 Å². The van der Waals surface area contributed by atoms with Crippen molar-refractivity contribution in [3.05, 3.63) is 58.8 Å². The van der Waals surface area contributed by atoms with E-state index in [1.807, 2.05) is 9.80 Å². The van der Waals surface area contributed by atoms with Crippen molar-refractivity contribution in [2.75, 3.05) is 50.8 Å². The molecule has 0 unspecified atom stereocenters. The molecule has 3 heterocycles. The highest BCUT2D eigenvalue weighted by molar-refractivity contribution is 8.18. The molecule has 8 nitrogen and oxygen atoms in total. The number of nitrogens with zero attached hydrogens (tertiary/aromatic N) is 3. The van der Waals surface area contributed by atoms with E-state index in [1.165, 1.54) is 6.07 Å². The van der Waals surface area contributed by atoms with Crippen LogP contribution in [0.1, 0.15) is 5.56 Å². The van der Waals surface area contributed by atoms with Gasteiger partial charge in [0, 0.05) is 26.2 Å². The molecule has 0 aromatic heterocycles. The topological polar surface area (TPSA) is 79.4 Å². The van der Waals surface area contributed by atoms with Gasteiger partial charge in [0.2, 0.25) is 0 Å². The summed E-state index contributed by atoms with van der Waals surface area (Å²) >= 11 is 0.741. The highest BCUT2D eigenvalue weighted by Crippen LogP contribution is 2.35. The van der Waals surface area contributed by atoms with Crippen LogP contribution in [0.25, 0.3) is 6.08 Å². The van der Waals surface area contributed by atoms with E-state index >= 15 is 0 Å². The normalized spacial score (nSPS) is 19.7. The standard InChI is InChI=1S/C24H22FN3O5S/c25-17-3-1-2-4-18(17)27-9-7-26(8-10-27)15-22(29)28-23(30)21(34-24(28)31)14-16-5-6-19-20(13-16)33-12-11-32-19/h1-6,13-14H,7-12,15H2/b21-14-. The summed E-state index contributed by atoms with van der Waals surface area (Å²) in [6, 6.07) is 11.8. The SMILES string of the molecule is O=C(CN1CCN(c2ccccc2F)CC1)N1C(=O)S/C(=C\c2ccc3c(c2)OCCO3)C1=O. The molecule has 10 heteroatoms. The first kappa shape index (κ1) is 22.4. The first-order chi connectivity index (χ1) is 16.5. The number of carbonyl (C=O) groups excluding carboxylic acids is 3. The third-order valence-electron chi connectivity index (χ3n) is 5.83. The number of anilines is 1. The van der Waals surface area contributed by atoms with Crippen LogP contribution in [0.2, 0.25) is 0 Å². The van der Waals surface area contributed by atoms with E-state index in [0.29, 0.717) is 67.0 Å². The summed E-state index contributed by atoms with van der Waals surface area (Å²) in [4.78, 5) is 42.8. The minimum atomic E-state index is -0.625. The van der Waals surface area contributed by atoms with Gasteiger partial charge >= 0.3 is 0 Å². The fourth-order valence-electron chi connectivity index (χ4n) is 4.10. The first-order valence-electron chi connectivity index (χ1n) is 10.9. The second-order valence-corrected chi connectivity index (χ2v) is 9.02. The van der Waals surface area contributed by atoms with Crippen molar-refractivity contribution in [1.29, 1.82) is 0 Å². The van der Waals surface area contributed by atoms with Gasteiger partial charge in [0.25, 0.3) is 17.1 Å². The van der Waals surface area contributed by atoms with E-state index in [1.54, 1.807) is 42.5 Å². The molecular formula is C24H22FN3O5S. The third kappa shape index (κ3) is 4.51. The molecule has 0 radical (unpaired) electrons. The van der Waals surface area contributed by atoms with Crippen molar-refractivity contribution in [2.24, 2.45) is 0 Å². The summed E-state index contributed by atoms with van der Waals surface area (Å²) in [7, 11) is 0. The van der Waals surface area contributed by atoms with Gasteiger partial charge in [-0.05, 0) is 47.7 Å². The predicted molar refractivity (Wildman–Crippen MR) is 125 cm³/mol. The summed E-state index contributed by atoms with van der Waals surface area (Å²) in [5.74, 6) is -0.270. The second kappa shape index (κ2) is 9.47. The van der Waals surface area contributed by atoms with Gasteiger partial charge in [0.05, 0.1) is 17.1 Å². The lowest BCUT2D eigenvalue weighted by Gasteiger charge is -2.36. The molecule has 5 rings (SSSR count). The van der Waals surface area contributed by atoms with Crippen LogP contribution in [0, 0.1) is 5.82 Å². The largest absolute Gasteiger partial charge is 0.486 e. The Morgan fingerprint density at radius 1 is 1.00 bits per heavy atom. The van der Waals surface area contributed by atoms with Crippen LogP contribution in [0.15, 0.2) is 47.4 Å². The Bertz CT molecular complexity index is 1180. The van der Waals surface area contributed by atoms with Crippen molar-refractivity contribution in [2.45, 2.75) is 0 Å². The molecule has 0 aliphatic carbocycles. The number of thioether (sulfide) groups is 1. The van der Waals surface area contributed by atoms with Crippen molar-refractivity contribution in [3.8, 4) is 11.5 Å². The average Bonchev–Trinajstić information content (AvgIpc) is 3.12. The van der Waals surface area contributed by atoms with Crippen LogP contribution in [0.5, 0.6) is 11.5 Å². The summed E-state index contributed by atoms with van der Waals surface area (Å²) in [6.45, 7) is 2.98. The Morgan fingerprint density at radius 3 is 2.50 bits per heavy atom. The molecule has 0 saturated carbocycles. The van der Waals surface area contributed by atoms with Crippen molar-refractivity contribution < 1.29 is 28.2 Å². The van der Waals surface area contributed by atoms with E-state index in [0.717, 1.165) is 11.8 Å². The third-order valence-corrected chi connectivity index (χ3v) is 6.70. The van der Waals surface area contributed by atoms with E-state index in [4.69, 9.17) is 9.47 Å². The van der Waals surface area contributed by atoms with Gasteiger partial charge < -0.3 is 14.4 Å². The average molecular weight is 484 g/mol. The van der Waals surface area contributed by atoms with Gasteiger partial charge in [-0.3, -0.25) is 19.3 Å². The number of carbonyl (C=O) groups is 3. The Balaban J connectivity index is 1.21. The van der Waals surface area contributed by atoms with Crippen molar-refractivity contribution in [3.63, 3.8) is 0 Å². The van der Waals surface area contributed by atoms with E-state index in [9.17, 15) is 18.8 Å². The minimum absolute atomic E-state index is 0.0551. The van der Waals surface area contributed by atoms with Gasteiger partial charge in [0.1, 0.15) is 19.0 Å². The number of hydrogen-bond donors (Lipinski definition) is 0. The smallest absolute Gasteiger partial charge is 0.300 e. The van der Waals surface area contributed by atoms with Gasteiger partial charge in [-0.15, -0.1) is 0 Å². The molecule has 0 spiro atoms. The quantitative estimate of drug-likeness (QED) is 0.615. The zero-order valence-electron chi connectivity index (χ0n) is 18.2. The molecule has 34 heavy (non-hydrogen) atoms. The number of ether oxygens (including phenoxy) is 2. The highest BCUT2D eigenvalue weighted by Gasteiger charge is 2.40. The predicted octanol–water partition coefficient (Wildman–Crippen LogP) is 2.98. The highest BCUT2D eigenvalue weighted by atomic mass is 32.2. The molecule has 0 atom stereocenters. The zero-order chi connectivity index (χ0) is 23.7. The first-order valence-corrected chi connectivity index (χ1v) is 11.7. The Morgan fingerprint density at radius 2 is 1.74 bits per heavy atom. The van der Waals surface area contributed by atoms with E-state index in [-0.39, 0.29) is 17.3 Å². The zero-order valence-corrected chi connectivity index (χ0v) is 19.1. The van der Waals surface area contributed by atoms with Gasteiger partial charge in [-0.2, -0.15) is 0 Å². The van der Waals surface area contributed by atoms with Gasteiger partial charge in [-0.25, -0.2) is 9.29 Å². The van der Waals surface area contributed by atoms with E-state index < -0.39 is 17.1 Å². The molecule has 0 bridgehead atoms. The molecule has 176 valence electrons. The van der Waals surface area contributed by atoms with Gasteiger partial charge in [-0.1, -0.05) is 18.2 Å². The van der Waals surface area contributed by atoms with Crippen LogP contribution in [-0.2, 0) is 9.59 Å². The molecule has 2 aromatic carbocycles. The summed E-state index contributed by atoms with van der Waals surface area (Å²) in [5.41, 5.74) is 1.20. The monoisotopic (exact) mass is 483 g/mol. The summed E-state index contributed by atoms with van der Waals surface area (Å²) < 4.78 is 25.1. The number of rotatable bonds is 4. The molecule has 0 N–H and O–H groups in total. The molecular weight excluding hydrogens is 461 g/mol. The van der Waals surface area contributed by atoms with Crippen LogP contribution >= 0.6 is 11.8 Å². The lowest BCUT2D eigenvalue weighted by molar-refractivity contribution is -0.138. The number of para-hydroxylation sites is 1. The van der Waals surface area contributed by atoms with Crippen LogP contribution in [0.3, 0.4) is 0 Å².